The van der Waals surface area contributed by atoms with Crippen molar-refractivity contribution >= 4 is 24.2 Å². The molecular formula is C24H42O14. The van der Waals surface area contributed by atoms with Gasteiger partial charge in [0.1, 0.15) is 39.1 Å². The van der Waals surface area contributed by atoms with Crippen LogP contribution in [0.15, 0.2) is 0 Å². The molecule has 0 fully saturated rings. The van der Waals surface area contributed by atoms with E-state index in [1.54, 1.807) is 6.92 Å². The van der Waals surface area contributed by atoms with E-state index in [1.165, 1.54) is 48.7 Å². The molecule has 1 N–H and O–H groups in total. The summed E-state index contributed by atoms with van der Waals surface area (Å²) in [5.74, 6) is -1.27. The smallest absolute Gasteiger partial charge is 0.461 e. The molecule has 3 unspecified atom stereocenters. The lowest BCUT2D eigenvalue weighted by Gasteiger charge is -2.24. The summed E-state index contributed by atoms with van der Waals surface area (Å²) >= 11 is 0. The van der Waals surface area contributed by atoms with Gasteiger partial charge in [-0.25, -0.2) is 19.2 Å². The van der Waals surface area contributed by atoms with Crippen molar-refractivity contribution in [3.05, 3.63) is 0 Å². The maximum atomic E-state index is 12.1. The van der Waals surface area contributed by atoms with Crippen molar-refractivity contribution in [2.24, 2.45) is 0 Å². The predicted molar refractivity (Wildman–Crippen MR) is 129 cm³/mol. The zero-order valence-electron chi connectivity index (χ0n) is 23.4. The Labute approximate surface area is 223 Å². The molecule has 0 rings (SSSR count). The lowest BCUT2D eigenvalue weighted by atomic mass is 10.1. The van der Waals surface area contributed by atoms with Gasteiger partial charge in [-0.3, -0.25) is 0 Å². The van der Waals surface area contributed by atoms with Crippen LogP contribution in [-0.2, 0) is 52.2 Å². The molecule has 14 nitrogen and oxygen atoms in total. The summed E-state index contributed by atoms with van der Waals surface area (Å²) in [5.41, 5.74) is -2.57. The number of carbonyl (C=O) groups excluding carboxylic acids is 4. The van der Waals surface area contributed by atoms with Gasteiger partial charge in [0.05, 0.1) is 25.4 Å². The van der Waals surface area contributed by atoms with Gasteiger partial charge >= 0.3 is 24.2 Å². The van der Waals surface area contributed by atoms with E-state index >= 15 is 0 Å². The standard InChI is InChI=1S/C24H42O14/c1-16(25)13-33-19(26)23(4,5)36-11-9-31-21(28)35-15-18(3)38-22(29)32-10-12-37-24(6,7)20(27)34-14-17(2)30-8/h16-18,25H,9-15H2,1-8H3. The lowest BCUT2D eigenvalue weighted by Crippen LogP contribution is -2.39. The highest BCUT2D eigenvalue weighted by molar-refractivity contribution is 5.79. The predicted octanol–water partition coefficient (Wildman–Crippen LogP) is 1.77. The first-order chi connectivity index (χ1) is 17.6. The molecule has 0 aliphatic rings. The molecule has 0 aromatic rings. The number of hydrogen-bond acceptors (Lipinski definition) is 14. The van der Waals surface area contributed by atoms with Crippen LogP contribution in [0.2, 0.25) is 0 Å². The van der Waals surface area contributed by atoms with Crippen LogP contribution < -0.4 is 0 Å². The molecule has 0 aromatic carbocycles. The highest BCUT2D eigenvalue weighted by atomic mass is 16.8. The van der Waals surface area contributed by atoms with Crippen LogP contribution in [0, 0.1) is 0 Å². The normalized spacial score (nSPS) is 14.0. The van der Waals surface area contributed by atoms with Crippen molar-refractivity contribution in [1.29, 1.82) is 0 Å². The van der Waals surface area contributed by atoms with Crippen LogP contribution in [0.1, 0.15) is 48.5 Å². The SMILES string of the molecule is COC(C)COC(=O)C(C)(C)OCCOC(=O)OC(C)COC(=O)OCCOC(C)(C)C(=O)OCC(C)O. The lowest BCUT2D eigenvalue weighted by molar-refractivity contribution is -0.172. The van der Waals surface area contributed by atoms with E-state index in [0.29, 0.717) is 0 Å². The van der Waals surface area contributed by atoms with Gasteiger partial charge in [-0.1, -0.05) is 0 Å². The number of aliphatic hydroxyl groups excluding tert-OH is 1. The number of aliphatic hydroxyl groups is 1. The molecule has 0 heterocycles. The minimum absolute atomic E-state index is 0.0758. The molecule has 0 amide bonds. The number of ether oxygens (including phenoxy) is 9. The third-order valence-corrected chi connectivity index (χ3v) is 4.56. The van der Waals surface area contributed by atoms with Gasteiger partial charge < -0.3 is 47.7 Å². The number of esters is 2. The molecular weight excluding hydrogens is 512 g/mol. The van der Waals surface area contributed by atoms with Gasteiger partial charge in [-0.15, -0.1) is 0 Å². The van der Waals surface area contributed by atoms with Gasteiger partial charge in [0, 0.05) is 7.11 Å². The second-order valence-corrected chi connectivity index (χ2v) is 9.25. The third kappa shape index (κ3) is 16.2. The van der Waals surface area contributed by atoms with Crippen LogP contribution in [0.5, 0.6) is 0 Å². The third-order valence-electron chi connectivity index (χ3n) is 4.56. The summed E-state index contributed by atoms with van der Waals surface area (Å²) in [6.07, 6.45) is -3.96. The van der Waals surface area contributed by atoms with Crippen molar-refractivity contribution in [2.45, 2.75) is 78.0 Å². The van der Waals surface area contributed by atoms with Crippen LogP contribution in [0.3, 0.4) is 0 Å². The Morgan fingerprint density at radius 3 is 1.55 bits per heavy atom. The first kappa shape index (κ1) is 35.3. The van der Waals surface area contributed by atoms with Crippen LogP contribution in [0.4, 0.5) is 9.59 Å². The number of rotatable bonds is 18. The van der Waals surface area contributed by atoms with Crippen molar-refractivity contribution in [2.75, 3.05) is 53.4 Å². The minimum Gasteiger partial charge on any atom is -0.461 e. The molecule has 0 aliphatic carbocycles. The summed E-state index contributed by atoms with van der Waals surface area (Å²) in [5, 5.41) is 9.16. The Bertz CT molecular complexity index is 734. The fourth-order valence-corrected chi connectivity index (χ4v) is 2.23. The van der Waals surface area contributed by atoms with Crippen molar-refractivity contribution in [3.63, 3.8) is 0 Å². The molecule has 222 valence electrons. The van der Waals surface area contributed by atoms with Crippen LogP contribution >= 0.6 is 0 Å². The maximum absolute atomic E-state index is 12.1. The quantitative estimate of drug-likeness (QED) is 0.148. The van der Waals surface area contributed by atoms with E-state index in [0.717, 1.165) is 0 Å². The van der Waals surface area contributed by atoms with Crippen LogP contribution in [-0.4, -0.2) is 112 Å². The minimum atomic E-state index is -1.31. The second-order valence-electron chi connectivity index (χ2n) is 9.25. The molecule has 0 saturated carbocycles. The number of hydrogen-bond donors (Lipinski definition) is 1. The maximum Gasteiger partial charge on any atom is 0.508 e. The first-order valence-electron chi connectivity index (χ1n) is 12.1. The molecule has 0 saturated heterocycles. The Hall–Kier alpha value is -2.68. The zero-order chi connectivity index (χ0) is 29.4. The average Bonchev–Trinajstić information content (AvgIpc) is 2.84. The summed E-state index contributed by atoms with van der Waals surface area (Å²) < 4.78 is 45.2. The average molecular weight is 555 g/mol. The number of methoxy groups -OCH3 is 1. The molecule has 0 aliphatic heterocycles. The van der Waals surface area contributed by atoms with Gasteiger partial charge in [0.25, 0.3) is 0 Å². The molecule has 3 atom stereocenters. The second kappa shape index (κ2) is 17.8. The van der Waals surface area contributed by atoms with E-state index in [2.05, 4.69) is 0 Å². The largest absolute Gasteiger partial charge is 0.508 e. The molecule has 0 radical (unpaired) electrons. The topological polar surface area (TPSA) is 172 Å². The van der Waals surface area contributed by atoms with Crippen LogP contribution in [0.25, 0.3) is 0 Å². The van der Waals surface area contributed by atoms with Gasteiger partial charge in [0.2, 0.25) is 0 Å². The Morgan fingerprint density at radius 2 is 1.08 bits per heavy atom. The van der Waals surface area contributed by atoms with E-state index in [9.17, 15) is 19.2 Å². The van der Waals surface area contributed by atoms with E-state index in [1.807, 2.05) is 0 Å². The van der Waals surface area contributed by atoms with Crippen molar-refractivity contribution in [1.82, 2.24) is 0 Å². The molecule has 0 aromatic heterocycles. The van der Waals surface area contributed by atoms with E-state index in [4.69, 9.17) is 47.7 Å². The highest BCUT2D eigenvalue weighted by Crippen LogP contribution is 2.13. The Morgan fingerprint density at radius 1 is 0.632 bits per heavy atom. The Balaban J connectivity index is 4.07. The van der Waals surface area contributed by atoms with E-state index < -0.39 is 47.7 Å². The summed E-state index contributed by atoms with van der Waals surface area (Å²) in [7, 11) is 1.50. The van der Waals surface area contributed by atoms with Gasteiger partial charge in [0.15, 0.2) is 11.2 Å². The summed E-state index contributed by atoms with van der Waals surface area (Å²) in [6.45, 7) is 9.66. The molecule has 38 heavy (non-hydrogen) atoms. The molecule has 0 bridgehead atoms. The first-order valence-corrected chi connectivity index (χ1v) is 12.1. The monoisotopic (exact) mass is 554 g/mol. The molecule has 0 spiro atoms. The van der Waals surface area contributed by atoms with Gasteiger partial charge in [-0.05, 0) is 48.5 Å². The number of carbonyl (C=O) groups is 4. The summed E-state index contributed by atoms with van der Waals surface area (Å²) in [6, 6.07) is 0. The van der Waals surface area contributed by atoms with E-state index in [-0.39, 0.29) is 52.4 Å². The fraction of sp³-hybridized carbons (Fsp3) is 0.833. The van der Waals surface area contributed by atoms with Crippen molar-refractivity contribution < 1.29 is 66.9 Å². The zero-order valence-corrected chi connectivity index (χ0v) is 23.4. The Kier molecular flexibility index (Phi) is 16.5. The highest BCUT2D eigenvalue weighted by Gasteiger charge is 2.32. The molecule has 14 heteroatoms. The van der Waals surface area contributed by atoms with Crippen molar-refractivity contribution in [3.8, 4) is 0 Å². The summed E-state index contributed by atoms with van der Waals surface area (Å²) in [4.78, 5) is 47.4. The fourth-order valence-electron chi connectivity index (χ4n) is 2.23. The van der Waals surface area contributed by atoms with Gasteiger partial charge in [-0.2, -0.15) is 0 Å².